The molecular weight excluding hydrogens is 502 g/mol. The van der Waals surface area contributed by atoms with Crippen LogP contribution >= 0.6 is 23.2 Å². The zero-order chi connectivity index (χ0) is 25.6. The van der Waals surface area contributed by atoms with Crippen molar-refractivity contribution in [2.24, 2.45) is 5.92 Å². The molecule has 2 amide bonds. The van der Waals surface area contributed by atoms with Gasteiger partial charge < -0.3 is 5.11 Å². The van der Waals surface area contributed by atoms with E-state index in [2.05, 4.69) is 12.0 Å². The first-order chi connectivity index (χ1) is 17.3. The van der Waals surface area contributed by atoms with Gasteiger partial charge in [-0.15, -0.1) is 0 Å². The number of aromatic hydroxyl groups is 1. The summed E-state index contributed by atoms with van der Waals surface area (Å²) in [6.45, 7) is 3.96. The van der Waals surface area contributed by atoms with E-state index >= 15 is 0 Å². The van der Waals surface area contributed by atoms with Gasteiger partial charge in [0, 0.05) is 16.0 Å². The largest absolute Gasteiger partial charge is 0.508 e. The van der Waals surface area contributed by atoms with E-state index < -0.39 is 34.9 Å². The summed E-state index contributed by atoms with van der Waals surface area (Å²) in [6, 6.07) is 16.8. The number of hydrazine groups is 1. The topological polar surface area (TPSA) is 69.6 Å². The molecule has 8 heteroatoms. The number of halogens is 3. The van der Waals surface area contributed by atoms with Crippen molar-refractivity contribution in [2.45, 2.75) is 17.8 Å². The third-order valence-electron chi connectivity index (χ3n) is 6.94. The Bertz CT molecular complexity index is 1410. The van der Waals surface area contributed by atoms with Crippen LogP contribution in [0.15, 0.2) is 91.0 Å². The Morgan fingerprint density at radius 2 is 1.75 bits per heavy atom. The second-order valence-electron chi connectivity index (χ2n) is 8.81. The van der Waals surface area contributed by atoms with E-state index in [0.29, 0.717) is 28.3 Å². The van der Waals surface area contributed by atoms with Crippen LogP contribution in [0, 0.1) is 11.7 Å². The van der Waals surface area contributed by atoms with E-state index in [-0.39, 0.29) is 10.8 Å². The second-order valence-corrected chi connectivity index (χ2v) is 9.65. The van der Waals surface area contributed by atoms with Gasteiger partial charge in [-0.2, -0.15) is 5.01 Å². The van der Waals surface area contributed by atoms with Crippen LogP contribution in [0.25, 0.3) is 0 Å². The van der Waals surface area contributed by atoms with Gasteiger partial charge in [0.1, 0.15) is 11.6 Å². The number of phenolic OH excluding ortho intramolecular Hbond substituents is 1. The van der Waals surface area contributed by atoms with Gasteiger partial charge in [0.2, 0.25) is 0 Å². The standard InChI is InChI=1S/C28H21Cl2FN2O3/c1-2-16-3-14-23-26(35)33(32-20-10-8-19(31)9-11-20)27(36)28(23,17-4-6-18(29)7-5-17)25(16)22-13-12-21(34)15-24(22)30/h2-13,15,23,25,32,34H,1,14H2. The number of allylic oxidation sites excluding steroid dienone is 3. The van der Waals surface area contributed by atoms with E-state index in [0.717, 1.165) is 10.6 Å². The number of hydrogen-bond acceptors (Lipinski definition) is 4. The first-order valence-corrected chi connectivity index (χ1v) is 12.0. The number of nitrogens with one attached hydrogen (secondary N) is 1. The maximum Gasteiger partial charge on any atom is 0.260 e. The highest BCUT2D eigenvalue weighted by Gasteiger charge is 2.66. The SMILES string of the molecule is C=CC1=CCC2C(=O)N(Nc3ccc(F)cc3)C(=O)C2(c2ccc(Cl)cc2)C1c1ccc(O)cc1Cl. The number of carbonyl (C=O) groups excluding carboxylic acids is 2. The van der Waals surface area contributed by atoms with Crippen LogP contribution in [0.3, 0.4) is 0 Å². The fourth-order valence-corrected chi connectivity index (χ4v) is 5.79. The summed E-state index contributed by atoms with van der Waals surface area (Å²) in [5, 5.41) is 11.7. The van der Waals surface area contributed by atoms with Gasteiger partial charge >= 0.3 is 0 Å². The summed E-state index contributed by atoms with van der Waals surface area (Å²) in [7, 11) is 0. The van der Waals surface area contributed by atoms with E-state index in [4.69, 9.17) is 23.2 Å². The minimum atomic E-state index is -1.38. The minimum Gasteiger partial charge on any atom is -0.508 e. The lowest BCUT2D eigenvalue weighted by atomic mass is 9.56. The fraction of sp³-hybridized carbons (Fsp3) is 0.143. The zero-order valence-corrected chi connectivity index (χ0v) is 20.4. The number of nitrogens with zero attached hydrogens (tertiary/aromatic N) is 1. The summed E-state index contributed by atoms with van der Waals surface area (Å²) < 4.78 is 13.5. The molecule has 2 N–H and O–H groups in total. The van der Waals surface area contributed by atoms with Gasteiger partial charge in [-0.1, -0.05) is 60.1 Å². The maximum absolute atomic E-state index is 14.4. The Balaban J connectivity index is 1.74. The number of phenols is 1. The molecule has 1 heterocycles. The number of fused-ring (bicyclic) bond motifs is 1. The van der Waals surface area contributed by atoms with Crippen LogP contribution in [-0.4, -0.2) is 21.9 Å². The Morgan fingerprint density at radius 3 is 2.39 bits per heavy atom. The van der Waals surface area contributed by atoms with Crippen LogP contribution in [0.1, 0.15) is 23.5 Å². The number of benzene rings is 3. The van der Waals surface area contributed by atoms with Crippen LogP contribution in [-0.2, 0) is 15.0 Å². The first-order valence-electron chi connectivity index (χ1n) is 11.2. The molecule has 182 valence electrons. The smallest absolute Gasteiger partial charge is 0.260 e. The van der Waals surface area contributed by atoms with Crippen molar-refractivity contribution in [3.05, 3.63) is 118 Å². The van der Waals surface area contributed by atoms with Crippen molar-refractivity contribution >= 4 is 40.7 Å². The highest BCUT2D eigenvalue weighted by atomic mass is 35.5. The molecule has 0 saturated carbocycles. The van der Waals surface area contributed by atoms with Crippen molar-refractivity contribution in [2.75, 3.05) is 5.43 Å². The summed E-state index contributed by atoms with van der Waals surface area (Å²) in [5.74, 6) is -2.80. The van der Waals surface area contributed by atoms with Crippen molar-refractivity contribution in [1.82, 2.24) is 5.01 Å². The van der Waals surface area contributed by atoms with Crippen LogP contribution < -0.4 is 5.43 Å². The third kappa shape index (κ3) is 3.69. The van der Waals surface area contributed by atoms with Gasteiger partial charge in [-0.3, -0.25) is 15.0 Å². The molecule has 0 radical (unpaired) electrons. The first kappa shape index (κ1) is 24.1. The Labute approximate surface area is 217 Å². The molecule has 0 bridgehead atoms. The third-order valence-corrected chi connectivity index (χ3v) is 7.52. The lowest BCUT2D eigenvalue weighted by Crippen LogP contribution is -2.48. The van der Waals surface area contributed by atoms with E-state index in [1.54, 1.807) is 36.4 Å². The molecule has 5 nitrogen and oxygen atoms in total. The van der Waals surface area contributed by atoms with E-state index in [1.807, 2.05) is 6.08 Å². The number of amides is 2. The lowest BCUT2D eigenvalue weighted by molar-refractivity contribution is -0.138. The van der Waals surface area contributed by atoms with Crippen LogP contribution in [0.2, 0.25) is 10.0 Å². The average molecular weight is 523 g/mol. The minimum absolute atomic E-state index is 0.0192. The number of rotatable bonds is 5. The summed E-state index contributed by atoms with van der Waals surface area (Å²) >= 11 is 12.8. The van der Waals surface area contributed by atoms with Gasteiger partial charge in [-0.25, -0.2) is 4.39 Å². The molecule has 1 saturated heterocycles. The predicted octanol–water partition coefficient (Wildman–Crippen LogP) is 6.39. The molecule has 3 aromatic carbocycles. The van der Waals surface area contributed by atoms with E-state index in [9.17, 15) is 19.1 Å². The Hall–Kier alpha value is -3.61. The number of imide groups is 1. The predicted molar refractivity (Wildman–Crippen MR) is 137 cm³/mol. The summed E-state index contributed by atoms with van der Waals surface area (Å²) in [4.78, 5) is 28.2. The molecule has 1 fully saturated rings. The quantitative estimate of drug-likeness (QED) is 0.381. The maximum atomic E-state index is 14.4. The molecular formula is C28H21Cl2FN2O3. The van der Waals surface area contributed by atoms with Gasteiger partial charge in [0.05, 0.1) is 17.0 Å². The number of anilines is 1. The second kappa shape index (κ2) is 9.12. The Kier molecular flexibility index (Phi) is 6.10. The normalized spacial score (nSPS) is 23.3. The average Bonchev–Trinajstić information content (AvgIpc) is 3.08. The zero-order valence-electron chi connectivity index (χ0n) is 18.9. The Morgan fingerprint density at radius 1 is 1.06 bits per heavy atom. The fourth-order valence-electron chi connectivity index (χ4n) is 5.38. The van der Waals surface area contributed by atoms with E-state index in [1.165, 1.54) is 36.4 Å². The van der Waals surface area contributed by atoms with Crippen molar-refractivity contribution < 1.29 is 19.1 Å². The molecule has 2 aliphatic rings. The van der Waals surface area contributed by atoms with Crippen LogP contribution in [0.5, 0.6) is 5.75 Å². The molecule has 3 atom stereocenters. The molecule has 3 unspecified atom stereocenters. The molecule has 1 aliphatic heterocycles. The highest BCUT2D eigenvalue weighted by molar-refractivity contribution is 6.32. The van der Waals surface area contributed by atoms with Crippen molar-refractivity contribution in [3.63, 3.8) is 0 Å². The van der Waals surface area contributed by atoms with Crippen molar-refractivity contribution in [1.29, 1.82) is 0 Å². The van der Waals surface area contributed by atoms with Gasteiger partial charge in [-0.05, 0) is 71.7 Å². The monoisotopic (exact) mass is 522 g/mol. The highest BCUT2D eigenvalue weighted by Crippen LogP contribution is 2.58. The number of hydrogen-bond donors (Lipinski definition) is 2. The number of carbonyl (C=O) groups is 2. The van der Waals surface area contributed by atoms with Crippen LogP contribution in [0.4, 0.5) is 10.1 Å². The summed E-state index contributed by atoms with van der Waals surface area (Å²) in [6.07, 6.45) is 3.85. The molecule has 3 aromatic rings. The summed E-state index contributed by atoms with van der Waals surface area (Å²) in [5.41, 5.74) is 3.79. The molecule has 0 spiro atoms. The molecule has 5 rings (SSSR count). The van der Waals surface area contributed by atoms with Gasteiger partial charge in [0.25, 0.3) is 11.8 Å². The molecule has 1 aliphatic carbocycles. The van der Waals surface area contributed by atoms with Crippen molar-refractivity contribution in [3.8, 4) is 5.75 Å². The molecule has 0 aromatic heterocycles. The lowest BCUT2D eigenvalue weighted by Gasteiger charge is -2.43. The van der Waals surface area contributed by atoms with Gasteiger partial charge in [0.15, 0.2) is 0 Å². The molecule has 36 heavy (non-hydrogen) atoms.